The van der Waals surface area contributed by atoms with E-state index in [9.17, 15) is 29.7 Å². The summed E-state index contributed by atoms with van der Waals surface area (Å²) in [6.07, 6.45) is 5.43. The van der Waals surface area contributed by atoms with E-state index in [1.54, 1.807) is 6.08 Å². The van der Waals surface area contributed by atoms with E-state index >= 15 is 0 Å². The fourth-order valence-corrected chi connectivity index (χ4v) is 8.62. The van der Waals surface area contributed by atoms with Crippen molar-refractivity contribution in [3.8, 4) is 0 Å². The molecule has 0 spiro atoms. The summed E-state index contributed by atoms with van der Waals surface area (Å²) in [5, 5.41) is 29.9. The number of carbonyl (C=O) groups is 3. The number of aliphatic carboxylic acids is 1. The summed E-state index contributed by atoms with van der Waals surface area (Å²) in [6.45, 7) is 3.95. The van der Waals surface area contributed by atoms with E-state index in [0.29, 0.717) is 25.7 Å². The molecule has 4 rings (SSSR count). The van der Waals surface area contributed by atoms with Crippen LogP contribution in [0.2, 0.25) is 0 Å². The number of fused-ring (bicyclic) bond motifs is 5. The molecule has 8 heteroatoms. The van der Waals surface area contributed by atoms with Gasteiger partial charge in [0.15, 0.2) is 11.5 Å². The minimum absolute atomic E-state index is 0.00667. The molecule has 170 valence electrons. The number of Topliss-reactive ketones (excluding diaryl/α,β-unsaturated/α-hetero) is 2. The Hall–Kier alpha value is -1.15. The molecule has 4 aliphatic rings. The average molecular weight is 560 g/mol. The topological polar surface area (TPSA) is 112 Å². The first-order valence-corrected chi connectivity index (χ1v) is 12.7. The van der Waals surface area contributed by atoms with Crippen molar-refractivity contribution >= 4 is 49.4 Å². The van der Waals surface area contributed by atoms with Crippen molar-refractivity contribution in [1.29, 1.82) is 0 Å². The van der Waals surface area contributed by atoms with Crippen LogP contribution in [0.4, 0.5) is 0 Å². The number of aliphatic hydroxyl groups is 2. The Morgan fingerprint density at radius 1 is 1.13 bits per heavy atom. The minimum atomic E-state index is -0.966. The lowest BCUT2D eigenvalue weighted by Gasteiger charge is -2.58. The SMILES string of the molecule is C[C@]12C(=O)C(O)=C(O)C=C1CC[C@@H]1[C@@H]2CC[C@@]2(C)[C@H]1CC[C@]2(CC(=O)O)C(=O)C(Br)Br. The minimum Gasteiger partial charge on any atom is -0.504 e. The molecule has 3 fully saturated rings. The predicted molar refractivity (Wildman–Crippen MR) is 121 cm³/mol. The maximum Gasteiger partial charge on any atom is 0.304 e. The maximum absolute atomic E-state index is 13.4. The van der Waals surface area contributed by atoms with E-state index in [1.165, 1.54) is 0 Å². The van der Waals surface area contributed by atoms with Crippen molar-refractivity contribution in [2.24, 2.45) is 34.0 Å². The van der Waals surface area contributed by atoms with Gasteiger partial charge in [-0.1, -0.05) is 44.4 Å². The Morgan fingerprint density at radius 2 is 1.77 bits per heavy atom. The molecule has 6 nitrogen and oxygen atoms in total. The summed E-state index contributed by atoms with van der Waals surface area (Å²) in [7, 11) is 0. The van der Waals surface area contributed by atoms with Gasteiger partial charge in [0.1, 0.15) is 3.74 Å². The third-order valence-corrected chi connectivity index (χ3v) is 10.2. The van der Waals surface area contributed by atoms with Gasteiger partial charge in [-0.25, -0.2) is 0 Å². The highest BCUT2D eigenvalue weighted by Gasteiger charge is 2.68. The molecule has 0 bridgehead atoms. The van der Waals surface area contributed by atoms with Crippen molar-refractivity contribution in [3.05, 3.63) is 23.2 Å². The molecule has 3 saturated carbocycles. The van der Waals surface area contributed by atoms with Crippen LogP contribution in [0.1, 0.15) is 58.8 Å². The number of halogens is 2. The quantitative estimate of drug-likeness (QED) is 0.407. The van der Waals surface area contributed by atoms with Crippen molar-refractivity contribution < 1.29 is 29.7 Å². The molecule has 0 aliphatic heterocycles. The van der Waals surface area contributed by atoms with Gasteiger partial charge in [0, 0.05) is 5.41 Å². The molecule has 0 unspecified atom stereocenters. The fraction of sp³-hybridized carbons (Fsp3) is 0.696. The summed E-state index contributed by atoms with van der Waals surface area (Å²) in [5.41, 5.74) is -1.43. The highest BCUT2D eigenvalue weighted by atomic mass is 79.9. The predicted octanol–water partition coefficient (Wildman–Crippen LogP) is 5.21. The van der Waals surface area contributed by atoms with Crippen LogP contribution >= 0.6 is 31.9 Å². The van der Waals surface area contributed by atoms with Crippen LogP contribution in [-0.2, 0) is 14.4 Å². The van der Waals surface area contributed by atoms with Gasteiger partial charge in [-0.15, -0.1) is 0 Å². The van der Waals surface area contributed by atoms with Crippen LogP contribution in [0.15, 0.2) is 23.2 Å². The van der Waals surface area contributed by atoms with Crippen LogP contribution in [0, 0.1) is 34.0 Å². The van der Waals surface area contributed by atoms with Gasteiger partial charge in [0.05, 0.1) is 11.8 Å². The first-order chi connectivity index (χ1) is 14.4. The summed E-state index contributed by atoms with van der Waals surface area (Å²) in [5.74, 6) is -2.15. The normalized spacial score (nSPS) is 42.0. The summed E-state index contributed by atoms with van der Waals surface area (Å²) in [4.78, 5) is 38.3. The second-order valence-electron chi connectivity index (χ2n) is 10.2. The number of allylic oxidation sites excluding steroid dienone is 3. The van der Waals surface area contributed by atoms with Crippen LogP contribution in [0.5, 0.6) is 0 Å². The second-order valence-corrected chi connectivity index (χ2v) is 13.2. The molecule has 0 saturated heterocycles. The molecule has 0 aromatic carbocycles. The molecule has 0 amide bonds. The van der Waals surface area contributed by atoms with Gasteiger partial charge in [-0.05, 0) is 74.7 Å². The lowest BCUT2D eigenvalue weighted by atomic mass is 9.44. The zero-order valence-corrected chi connectivity index (χ0v) is 20.8. The van der Waals surface area contributed by atoms with E-state index in [2.05, 4.69) is 38.8 Å². The summed E-state index contributed by atoms with van der Waals surface area (Å²) >= 11 is 6.65. The van der Waals surface area contributed by atoms with Crippen LogP contribution in [0.3, 0.4) is 0 Å². The Morgan fingerprint density at radius 3 is 2.39 bits per heavy atom. The number of ketones is 2. The standard InChI is InChI=1S/C23H28Br2O6/c1-21-7-5-14-12(4-3-11-9-15(26)17(29)18(30)22(11,14)2)13(21)6-8-23(21,10-16(27)28)19(31)20(24)25/h9,12-14,20,26,29H,3-8,10H2,1-2H3,(H,27,28)/t12-,13-,14-,21-,22-,23-/m0/s1. The Balaban J connectivity index is 1.75. The number of carboxylic acid groups (broad SMARTS) is 1. The lowest BCUT2D eigenvalue weighted by molar-refractivity contribution is -0.156. The Bertz CT molecular complexity index is 923. The molecule has 3 N–H and O–H groups in total. The van der Waals surface area contributed by atoms with Crippen LogP contribution in [0.25, 0.3) is 0 Å². The number of carbonyl (C=O) groups excluding carboxylic acids is 2. The molecule has 0 radical (unpaired) electrons. The van der Waals surface area contributed by atoms with Gasteiger partial charge < -0.3 is 15.3 Å². The number of carboxylic acids is 1. The largest absolute Gasteiger partial charge is 0.504 e. The number of hydrogen-bond donors (Lipinski definition) is 3. The van der Waals surface area contributed by atoms with Crippen LogP contribution in [-0.4, -0.2) is 36.6 Å². The third-order valence-electron chi connectivity index (χ3n) is 9.32. The Labute approximate surface area is 198 Å². The smallest absolute Gasteiger partial charge is 0.304 e. The second kappa shape index (κ2) is 7.44. The first kappa shape index (κ1) is 23.0. The number of aliphatic hydroxyl groups excluding tert-OH is 2. The maximum atomic E-state index is 13.4. The van der Waals surface area contributed by atoms with Crippen molar-refractivity contribution in [3.63, 3.8) is 0 Å². The van der Waals surface area contributed by atoms with Crippen molar-refractivity contribution in [2.75, 3.05) is 0 Å². The zero-order valence-electron chi connectivity index (χ0n) is 17.7. The van der Waals surface area contributed by atoms with Crippen molar-refractivity contribution in [1.82, 2.24) is 0 Å². The van der Waals surface area contributed by atoms with Crippen LogP contribution < -0.4 is 0 Å². The molecular weight excluding hydrogens is 532 g/mol. The van der Waals surface area contributed by atoms with Gasteiger partial charge >= 0.3 is 5.97 Å². The molecule has 4 aliphatic carbocycles. The van der Waals surface area contributed by atoms with E-state index in [-0.39, 0.29) is 35.7 Å². The molecule has 31 heavy (non-hydrogen) atoms. The molecule has 6 atom stereocenters. The molecule has 0 aromatic rings. The van der Waals surface area contributed by atoms with E-state index in [4.69, 9.17) is 0 Å². The van der Waals surface area contributed by atoms with E-state index in [1.807, 2.05) is 6.92 Å². The summed E-state index contributed by atoms with van der Waals surface area (Å²) in [6, 6.07) is 0. The van der Waals surface area contributed by atoms with Gasteiger partial charge in [-0.2, -0.15) is 0 Å². The molecular formula is C23H28Br2O6. The fourth-order valence-electron chi connectivity index (χ4n) is 7.74. The van der Waals surface area contributed by atoms with E-state index < -0.39 is 37.5 Å². The lowest BCUT2D eigenvalue weighted by Crippen LogP contribution is -2.57. The third kappa shape index (κ3) is 2.96. The van der Waals surface area contributed by atoms with E-state index in [0.717, 1.165) is 18.4 Å². The molecule has 0 aromatic heterocycles. The summed E-state index contributed by atoms with van der Waals surface area (Å²) < 4.78 is -0.601. The van der Waals surface area contributed by atoms with Crippen molar-refractivity contribution in [2.45, 2.75) is 62.5 Å². The monoisotopic (exact) mass is 558 g/mol. The number of rotatable bonds is 4. The van der Waals surface area contributed by atoms with Gasteiger partial charge in [0.25, 0.3) is 0 Å². The Kier molecular flexibility index (Phi) is 5.52. The van der Waals surface area contributed by atoms with Gasteiger partial charge in [0.2, 0.25) is 11.5 Å². The highest BCUT2D eigenvalue weighted by molar-refractivity contribution is 9.25. The molecule has 0 heterocycles. The number of hydrogen-bond acceptors (Lipinski definition) is 5. The first-order valence-electron chi connectivity index (χ1n) is 10.8. The zero-order chi connectivity index (χ0) is 22.9. The van der Waals surface area contributed by atoms with Gasteiger partial charge in [-0.3, -0.25) is 14.4 Å². The average Bonchev–Trinajstić information content (AvgIpc) is 2.99. The number of alkyl halides is 2. The highest BCUT2D eigenvalue weighted by Crippen LogP contribution is 2.71.